The number of rotatable bonds is 6. The third-order valence-electron chi connectivity index (χ3n) is 3.62. The predicted octanol–water partition coefficient (Wildman–Crippen LogP) is 1.87. The Morgan fingerprint density at radius 1 is 1.48 bits per heavy atom. The minimum absolute atomic E-state index is 0.00824. The minimum Gasteiger partial charge on any atom is -0.495 e. The second-order valence-corrected chi connectivity index (χ2v) is 6.12. The molecule has 116 valence electrons. The molecule has 1 aromatic rings. The Bertz CT molecular complexity index is 490. The molecule has 0 spiro atoms. The van der Waals surface area contributed by atoms with E-state index in [2.05, 4.69) is 0 Å². The summed E-state index contributed by atoms with van der Waals surface area (Å²) < 4.78 is 10.3. The van der Waals surface area contributed by atoms with Gasteiger partial charge in [-0.15, -0.1) is 0 Å². The van der Waals surface area contributed by atoms with Crippen LogP contribution in [0.15, 0.2) is 18.2 Å². The van der Waals surface area contributed by atoms with Crippen LogP contribution >= 0.6 is 11.8 Å². The van der Waals surface area contributed by atoms with Gasteiger partial charge in [0, 0.05) is 31.0 Å². The van der Waals surface area contributed by atoms with Crippen molar-refractivity contribution < 1.29 is 14.3 Å². The lowest BCUT2D eigenvalue weighted by molar-refractivity contribution is 0.0624. The highest BCUT2D eigenvalue weighted by atomic mass is 32.2. The minimum atomic E-state index is 0.00824. The number of thioether (sulfide) groups is 1. The summed E-state index contributed by atoms with van der Waals surface area (Å²) in [6.07, 6.45) is 1.03. The zero-order valence-corrected chi connectivity index (χ0v) is 13.3. The van der Waals surface area contributed by atoms with Gasteiger partial charge in [-0.05, 0) is 30.4 Å². The molecular formula is C15H22N2O3S. The van der Waals surface area contributed by atoms with Gasteiger partial charge in [0.1, 0.15) is 5.75 Å². The number of nitrogens with zero attached hydrogens (tertiary/aromatic N) is 1. The first kappa shape index (κ1) is 16.0. The fraction of sp³-hybridized carbons (Fsp3) is 0.533. The number of anilines is 1. The van der Waals surface area contributed by atoms with Crippen LogP contribution in [0.3, 0.4) is 0 Å². The van der Waals surface area contributed by atoms with Crippen LogP contribution in [-0.4, -0.2) is 55.7 Å². The van der Waals surface area contributed by atoms with Crippen LogP contribution in [0.4, 0.5) is 5.69 Å². The van der Waals surface area contributed by atoms with E-state index in [1.807, 2.05) is 16.7 Å². The van der Waals surface area contributed by atoms with E-state index in [9.17, 15) is 4.79 Å². The maximum Gasteiger partial charge on any atom is 0.254 e. The van der Waals surface area contributed by atoms with E-state index >= 15 is 0 Å². The number of carbonyl (C=O) groups excluding carboxylic acids is 1. The molecular weight excluding hydrogens is 288 g/mol. The summed E-state index contributed by atoms with van der Waals surface area (Å²) in [4.78, 5) is 14.7. The van der Waals surface area contributed by atoms with Crippen LogP contribution in [0.25, 0.3) is 0 Å². The molecule has 0 saturated carbocycles. The molecule has 1 aromatic carbocycles. The van der Waals surface area contributed by atoms with Gasteiger partial charge in [-0.3, -0.25) is 4.79 Å². The maximum absolute atomic E-state index is 12.8. The van der Waals surface area contributed by atoms with Gasteiger partial charge in [0.2, 0.25) is 0 Å². The molecule has 1 heterocycles. The highest BCUT2D eigenvalue weighted by molar-refractivity contribution is 7.99. The highest BCUT2D eigenvalue weighted by Crippen LogP contribution is 2.26. The summed E-state index contributed by atoms with van der Waals surface area (Å²) in [5.74, 6) is 2.69. The molecule has 1 unspecified atom stereocenters. The number of nitrogens with two attached hydrogens (primary N) is 1. The van der Waals surface area contributed by atoms with Crippen LogP contribution in [0, 0.1) is 0 Å². The number of hydrogen-bond acceptors (Lipinski definition) is 5. The smallest absolute Gasteiger partial charge is 0.254 e. The second kappa shape index (κ2) is 7.56. The number of nitrogen functional groups attached to an aromatic ring is 1. The van der Waals surface area contributed by atoms with E-state index in [1.165, 1.54) is 0 Å². The van der Waals surface area contributed by atoms with Crippen molar-refractivity contribution in [3.05, 3.63) is 23.8 Å². The third kappa shape index (κ3) is 3.83. The van der Waals surface area contributed by atoms with Crippen molar-refractivity contribution in [2.75, 3.05) is 44.6 Å². The molecule has 1 aliphatic rings. The molecule has 6 heteroatoms. The quantitative estimate of drug-likeness (QED) is 0.813. The monoisotopic (exact) mass is 310 g/mol. The van der Waals surface area contributed by atoms with Crippen LogP contribution in [0.2, 0.25) is 0 Å². The molecule has 0 aliphatic carbocycles. The Kier molecular flexibility index (Phi) is 5.76. The Labute approximate surface area is 129 Å². The molecule has 1 atom stereocenters. The summed E-state index contributed by atoms with van der Waals surface area (Å²) in [6.45, 7) is 1.14. The van der Waals surface area contributed by atoms with Gasteiger partial charge in [-0.25, -0.2) is 0 Å². The van der Waals surface area contributed by atoms with Crippen molar-refractivity contribution in [3.8, 4) is 5.75 Å². The Morgan fingerprint density at radius 3 is 2.86 bits per heavy atom. The van der Waals surface area contributed by atoms with Crippen molar-refractivity contribution in [2.24, 2.45) is 0 Å². The highest BCUT2D eigenvalue weighted by Gasteiger charge is 2.27. The molecule has 2 N–H and O–H groups in total. The normalized spacial score (nSPS) is 17.7. The summed E-state index contributed by atoms with van der Waals surface area (Å²) >= 11 is 1.89. The first-order valence-corrected chi connectivity index (χ1v) is 8.14. The zero-order valence-electron chi connectivity index (χ0n) is 12.5. The molecule has 0 radical (unpaired) electrons. The topological polar surface area (TPSA) is 64.8 Å². The van der Waals surface area contributed by atoms with Crippen LogP contribution in [0.1, 0.15) is 16.8 Å². The van der Waals surface area contributed by atoms with Crippen molar-refractivity contribution in [3.63, 3.8) is 0 Å². The van der Waals surface area contributed by atoms with Crippen LogP contribution in [0.5, 0.6) is 5.75 Å². The predicted molar refractivity (Wildman–Crippen MR) is 86.0 cm³/mol. The lowest BCUT2D eigenvalue weighted by Gasteiger charge is -2.28. The first-order valence-electron chi connectivity index (χ1n) is 6.98. The van der Waals surface area contributed by atoms with Gasteiger partial charge < -0.3 is 20.1 Å². The SMILES string of the molecule is COCCN(C(=O)c1ccc(OC)c(N)c1)C1CCSC1. The van der Waals surface area contributed by atoms with E-state index in [0.717, 1.165) is 17.9 Å². The molecule has 2 rings (SSSR count). The van der Waals surface area contributed by atoms with Crippen molar-refractivity contribution in [1.82, 2.24) is 4.90 Å². The Hall–Kier alpha value is -1.40. The molecule has 1 aliphatic heterocycles. The van der Waals surface area contributed by atoms with Gasteiger partial charge in [0.15, 0.2) is 0 Å². The van der Waals surface area contributed by atoms with Crippen molar-refractivity contribution >= 4 is 23.4 Å². The van der Waals surface area contributed by atoms with E-state index in [0.29, 0.717) is 30.2 Å². The van der Waals surface area contributed by atoms with Crippen molar-refractivity contribution in [1.29, 1.82) is 0 Å². The summed E-state index contributed by atoms with van der Waals surface area (Å²) in [6, 6.07) is 5.46. The second-order valence-electron chi connectivity index (χ2n) is 4.97. The zero-order chi connectivity index (χ0) is 15.2. The number of amides is 1. The fourth-order valence-electron chi connectivity index (χ4n) is 2.44. The number of benzene rings is 1. The molecule has 1 saturated heterocycles. The van der Waals surface area contributed by atoms with Gasteiger partial charge in [-0.2, -0.15) is 11.8 Å². The Balaban J connectivity index is 2.18. The summed E-state index contributed by atoms with van der Waals surface area (Å²) in [5, 5.41) is 0. The molecule has 0 aromatic heterocycles. The summed E-state index contributed by atoms with van der Waals surface area (Å²) in [5.41, 5.74) is 6.98. The van der Waals surface area contributed by atoms with E-state index in [1.54, 1.807) is 32.4 Å². The standard InChI is InChI=1S/C15H22N2O3S/c1-19-7-6-17(12-5-8-21-10-12)15(18)11-3-4-14(20-2)13(16)9-11/h3-4,9,12H,5-8,10,16H2,1-2H3. The van der Waals surface area contributed by atoms with Crippen molar-refractivity contribution in [2.45, 2.75) is 12.5 Å². The number of methoxy groups -OCH3 is 2. The van der Waals surface area contributed by atoms with Gasteiger partial charge in [-0.1, -0.05) is 0 Å². The number of ether oxygens (including phenoxy) is 2. The number of carbonyl (C=O) groups is 1. The molecule has 1 amide bonds. The van der Waals surface area contributed by atoms with Crippen LogP contribution in [-0.2, 0) is 4.74 Å². The molecule has 1 fully saturated rings. The molecule has 0 bridgehead atoms. The fourth-order valence-corrected chi connectivity index (χ4v) is 3.66. The third-order valence-corrected chi connectivity index (χ3v) is 4.77. The maximum atomic E-state index is 12.8. The van der Waals surface area contributed by atoms with Gasteiger partial charge in [0.25, 0.3) is 5.91 Å². The van der Waals surface area contributed by atoms with Gasteiger partial charge >= 0.3 is 0 Å². The van der Waals surface area contributed by atoms with E-state index in [4.69, 9.17) is 15.2 Å². The first-order chi connectivity index (χ1) is 10.2. The molecule has 5 nitrogen and oxygen atoms in total. The number of hydrogen-bond donors (Lipinski definition) is 1. The molecule has 21 heavy (non-hydrogen) atoms. The average Bonchev–Trinajstić information content (AvgIpc) is 3.01. The largest absolute Gasteiger partial charge is 0.495 e. The summed E-state index contributed by atoms with van der Waals surface area (Å²) in [7, 11) is 3.21. The van der Waals surface area contributed by atoms with E-state index in [-0.39, 0.29) is 11.9 Å². The van der Waals surface area contributed by atoms with E-state index < -0.39 is 0 Å². The van der Waals surface area contributed by atoms with Gasteiger partial charge in [0.05, 0.1) is 19.4 Å². The lowest BCUT2D eigenvalue weighted by Crippen LogP contribution is -2.42. The lowest BCUT2D eigenvalue weighted by atomic mass is 10.1. The Morgan fingerprint density at radius 2 is 2.29 bits per heavy atom. The van der Waals surface area contributed by atoms with Crippen LogP contribution < -0.4 is 10.5 Å². The average molecular weight is 310 g/mol.